The zero-order valence-electron chi connectivity index (χ0n) is 12.2. The number of unbranched alkanes of at least 4 members (excludes halogenated alkanes) is 10. The molecule has 0 aromatic carbocycles. The van der Waals surface area contributed by atoms with Crippen LogP contribution in [0.3, 0.4) is 0 Å². The van der Waals surface area contributed by atoms with Gasteiger partial charge in [-0.3, -0.25) is 9.35 Å². The minimum absolute atomic E-state index is 0. The first kappa shape index (κ1) is 23.6. The van der Waals surface area contributed by atoms with Crippen LogP contribution in [0.4, 0.5) is 0 Å². The van der Waals surface area contributed by atoms with Gasteiger partial charge in [0.05, 0.1) is 5.75 Å². The topological polar surface area (TPSA) is 91.7 Å². The molecule has 0 aliphatic carbocycles. The quantitative estimate of drug-likeness (QED) is 0.290. The molecule has 0 atom stereocenters. The summed E-state index contributed by atoms with van der Waals surface area (Å²) in [6.45, 7) is 0. The van der Waals surface area contributed by atoms with Crippen molar-refractivity contribution in [3.05, 3.63) is 0 Å². The molecule has 0 aliphatic rings. The van der Waals surface area contributed by atoms with Crippen LogP contribution >= 0.6 is 0 Å². The molecule has 7 heteroatoms. The molecule has 0 rings (SSSR count). The molecule has 2 N–H and O–H groups in total. The Labute approximate surface area is 150 Å². The molecule has 0 bridgehead atoms. The summed E-state index contributed by atoms with van der Waals surface area (Å²) < 4.78 is 29.5. The van der Waals surface area contributed by atoms with Crippen molar-refractivity contribution in [1.29, 1.82) is 0 Å². The Bertz CT molecular complexity index is 343. The fraction of sp³-hybridized carbons (Fsp3) is 0.929. The van der Waals surface area contributed by atoms with Crippen LogP contribution in [0.5, 0.6) is 0 Å². The van der Waals surface area contributed by atoms with Gasteiger partial charge in [0.2, 0.25) is 0 Å². The van der Waals surface area contributed by atoms with Gasteiger partial charge in [0, 0.05) is 6.42 Å². The monoisotopic (exact) mass is 332 g/mol. The molecule has 0 saturated heterocycles. The molecular formula is C14H29NaO5S. The third kappa shape index (κ3) is 22.8. The average molecular weight is 332 g/mol. The summed E-state index contributed by atoms with van der Waals surface area (Å²) in [6, 6.07) is 0. The molecule has 21 heavy (non-hydrogen) atoms. The standard InChI is InChI=1S/C14H28O5S.Na.H/c15-14(16)12-10-8-6-4-2-1-3-5-7-9-11-13-20(17,18)19;;/h1-13H2,(H,15,16)(H,17,18,19);;. The molecule has 0 heterocycles. The van der Waals surface area contributed by atoms with Crippen molar-refractivity contribution >= 4 is 45.6 Å². The van der Waals surface area contributed by atoms with Gasteiger partial charge in [0.25, 0.3) is 10.1 Å². The average Bonchev–Trinajstić information content (AvgIpc) is 2.33. The van der Waals surface area contributed by atoms with Gasteiger partial charge < -0.3 is 5.11 Å². The second kappa shape index (κ2) is 15.3. The predicted molar refractivity (Wildman–Crippen MR) is 86.6 cm³/mol. The Hall–Kier alpha value is 0.380. The Morgan fingerprint density at radius 1 is 0.714 bits per heavy atom. The summed E-state index contributed by atoms with van der Waals surface area (Å²) in [5.41, 5.74) is 0. The van der Waals surface area contributed by atoms with Gasteiger partial charge in [-0.25, -0.2) is 0 Å². The van der Waals surface area contributed by atoms with Gasteiger partial charge in [0.1, 0.15) is 0 Å². The van der Waals surface area contributed by atoms with Gasteiger partial charge in [0.15, 0.2) is 0 Å². The van der Waals surface area contributed by atoms with E-state index in [1.54, 1.807) is 0 Å². The summed E-state index contributed by atoms with van der Waals surface area (Å²) in [5, 5.41) is 8.47. The van der Waals surface area contributed by atoms with Gasteiger partial charge in [-0.05, 0) is 12.8 Å². The molecular weight excluding hydrogens is 303 g/mol. The summed E-state index contributed by atoms with van der Waals surface area (Å²) in [7, 11) is -3.78. The van der Waals surface area contributed by atoms with Crippen molar-refractivity contribution in [3.63, 3.8) is 0 Å². The van der Waals surface area contributed by atoms with Crippen LogP contribution in [0.25, 0.3) is 0 Å². The first-order valence-electron chi connectivity index (χ1n) is 7.59. The Morgan fingerprint density at radius 3 is 1.38 bits per heavy atom. The second-order valence-corrected chi connectivity index (χ2v) is 6.89. The molecule has 0 aliphatic heterocycles. The van der Waals surface area contributed by atoms with E-state index in [0.717, 1.165) is 38.5 Å². The second-order valence-electron chi connectivity index (χ2n) is 5.32. The van der Waals surface area contributed by atoms with E-state index in [0.29, 0.717) is 6.42 Å². The number of carboxylic acid groups (broad SMARTS) is 1. The molecule has 0 unspecified atom stereocenters. The molecule has 0 spiro atoms. The molecule has 0 saturated carbocycles. The van der Waals surface area contributed by atoms with Crippen LogP contribution in [0.15, 0.2) is 0 Å². The van der Waals surface area contributed by atoms with Crippen LogP contribution in [-0.2, 0) is 14.9 Å². The maximum atomic E-state index is 10.5. The predicted octanol–water partition coefficient (Wildman–Crippen LogP) is 2.99. The number of hydrogen-bond donors (Lipinski definition) is 2. The first-order valence-corrected chi connectivity index (χ1v) is 9.20. The van der Waals surface area contributed by atoms with E-state index >= 15 is 0 Å². The molecule has 0 fully saturated rings. The van der Waals surface area contributed by atoms with Crippen LogP contribution in [-0.4, -0.2) is 59.4 Å². The maximum absolute atomic E-state index is 10.5. The van der Waals surface area contributed by atoms with Gasteiger partial charge in [-0.15, -0.1) is 0 Å². The van der Waals surface area contributed by atoms with E-state index < -0.39 is 16.1 Å². The van der Waals surface area contributed by atoms with Crippen molar-refractivity contribution < 1.29 is 22.9 Å². The van der Waals surface area contributed by atoms with Crippen molar-refractivity contribution in [3.8, 4) is 0 Å². The fourth-order valence-corrected chi connectivity index (χ4v) is 2.72. The number of carboxylic acids is 1. The number of rotatable bonds is 14. The Balaban J connectivity index is 0. The summed E-state index contributed by atoms with van der Waals surface area (Å²) in [4.78, 5) is 10.3. The van der Waals surface area contributed by atoms with E-state index in [9.17, 15) is 13.2 Å². The van der Waals surface area contributed by atoms with Crippen molar-refractivity contribution in [2.75, 3.05) is 5.75 Å². The normalized spacial score (nSPS) is 11.1. The minimum atomic E-state index is -3.78. The molecule has 0 radical (unpaired) electrons. The van der Waals surface area contributed by atoms with Crippen LogP contribution in [0.2, 0.25) is 0 Å². The van der Waals surface area contributed by atoms with Gasteiger partial charge >= 0.3 is 35.5 Å². The Morgan fingerprint density at radius 2 is 1.05 bits per heavy atom. The van der Waals surface area contributed by atoms with Crippen LogP contribution < -0.4 is 0 Å². The van der Waals surface area contributed by atoms with Crippen molar-refractivity contribution in [1.82, 2.24) is 0 Å². The molecule has 122 valence electrons. The van der Waals surface area contributed by atoms with Crippen molar-refractivity contribution in [2.24, 2.45) is 0 Å². The fourth-order valence-electron chi connectivity index (χ4n) is 2.15. The van der Waals surface area contributed by atoms with E-state index in [4.69, 9.17) is 9.66 Å². The summed E-state index contributed by atoms with van der Waals surface area (Å²) in [6.07, 6.45) is 11.4. The van der Waals surface area contributed by atoms with Crippen LogP contribution in [0, 0.1) is 0 Å². The first-order chi connectivity index (χ1) is 9.42. The molecule has 0 amide bonds. The van der Waals surface area contributed by atoms with Gasteiger partial charge in [-0.2, -0.15) is 8.42 Å². The molecule has 0 aromatic rings. The van der Waals surface area contributed by atoms with E-state index in [1.807, 2.05) is 0 Å². The van der Waals surface area contributed by atoms with Gasteiger partial charge in [-0.1, -0.05) is 57.8 Å². The SMILES string of the molecule is O=C(O)CCCCCCCCCCCCCS(=O)(=O)O.[NaH]. The number of hydrogen-bond acceptors (Lipinski definition) is 3. The van der Waals surface area contributed by atoms with Crippen LogP contribution in [0.1, 0.15) is 77.0 Å². The zero-order valence-corrected chi connectivity index (χ0v) is 13.0. The van der Waals surface area contributed by atoms with E-state index in [2.05, 4.69) is 0 Å². The third-order valence-electron chi connectivity index (χ3n) is 3.29. The Kier molecular flexibility index (Phi) is 17.2. The van der Waals surface area contributed by atoms with E-state index in [-0.39, 0.29) is 41.7 Å². The summed E-state index contributed by atoms with van der Waals surface area (Å²) >= 11 is 0. The third-order valence-corrected chi connectivity index (χ3v) is 4.10. The molecule has 5 nitrogen and oxygen atoms in total. The van der Waals surface area contributed by atoms with Crippen molar-refractivity contribution in [2.45, 2.75) is 77.0 Å². The van der Waals surface area contributed by atoms with E-state index in [1.165, 1.54) is 25.7 Å². The molecule has 0 aromatic heterocycles. The number of aliphatic carboxylic acids is 1. The summed E-state index contributed by atoms with van der Waals surface area (Å²) in [5.74, 6) is -0.831. The number of carbonyl (C=O) groups is 1. The zero-order chi connectivity index (χ0) is 15.3.